The van der Waals surface area contributed by atoms with Crippen LogP contribution in [0.4, 0.5) is 11.4 Å². The molecule has 0 N–H and O–H groups in total. The van der Waals surface area contributed by atoms with Crippen LogP contribution in [-0.4, -0.2) is 11.6 Å². The predicted molar refractivity (Wildman–Crippen MR) is 198 cm³/mol. The third-order valence-corrected chi connectivity index (χ3v) is 8.56. The molecule has 0 atom stereocenters. The number of Topliss-reactive ketones (excluding diaryl/α,β-unsaturated/α-hetero) is 2. The molecule has 4 rings (SSSR count). The average Bonchev–Trinajstić information content (AvgIpc) is 3.11. The van der Waals surface area contributed by atoms with E-state index in [1.165, 1.54) is 0 Å². The molecule has 250 valence electrons. The normalized spacial score (nSPS) is 15.2. The predicted octanol–water partition coefficient (Wildman–Crippen LogP) is 12.9. The Morgan fingerprint density at radius 3 is 1.02 bits per heavy atom. The van der Waals surface area contributed by atoms with E-state index in [0.29, 0.717) is 0 Å². The van der Waals surface area contributed by atoms with Crippen LogP contribution < -0.4 is 0 Å². The fourth-order valence-corrected chi connectivity index (χ4v) is 5.69. The lowest BCUT2D eigenvalue weighted by atomic mass is 9.88. The Morgan fingerprint density at radius 2 is 0.750 bits per heavy atom. The summed E-state index contributed by atoms with van der Waals surface area (Å²) in [5, 5.41) is 17.5. The van der Waals surface area contributed by atoms with Gasteiger partial charge in [0.05, 0.1) is 23.8 Å². The first-order valence-corrected chi connectivity index (χ1v) is 17.8. The third-order valence-electron chi connectivity index (χ3n) is 8.56. The number of unbranched alkanes of at least 4 members (excludes halogenated alkanes) is 4. The molecule has 0 heterocycles. The number of azo groups is 2. The highest BCUT2D eigenvalue weighted by Crippen LogP contribution is 2.29. The van der Waals surface area contributed by atoms with Gasteiger partial charge in [0, 0.05) is 22.3 Å². The molecule has 2 aliphatic rings. The Bertz CT molecular complexity index is 1480. The zero-order chi connectivity index (χ0) is 34.1. The van der Waals surface area contributed by atoms with E-state index >= 15 is 0 Å². The summed E-state index contributed by atoms with van der Waals surface area (Å²) in [4.78, 5) is 25.8. The first-order valence-electron chi connectivity index (χ1n) is 17.8. The monoisotopic (exact) mass is 642 g/mol. The van der Waals surface area contributed by atoms with Crippen LogP contribution in [0, 0.1) is 0 Å². The summed E-state index contributed by atoms with van der Waals surface area (Å²) >= 11 is 0. The van der Waals surface area contributed by atoms with Gasteiger partial charge in [-0.3, -0.25) is 9.59 Å². The summed E-state index contributed by atoms with van der Waals surface area (Å²) < 4.78 is 0. The van der Waals surface area contributed by atoms with Crippen LogP contribution in [0.25, 0.3) is 11.1 Å². The summed E-state index contributed by atoms with van der Waals surface area (Å²) in [5.74, 6) is 0.381. The molecule has 0 unspecified atom stereocenters. The lowest BCUT2D eigenvalue weighted by Crippen LogP contribution is -2.11. The van der Waals surface area contributed by atoms with Crippen molar-refractivity contribution in [3.8, 4) is 11.1 Å². The average molecular weight is 643 g/mol. The van der Waals surface area contributed by atoms with E-state index in [1.54, 1.807) is 12.4 Å². The van der Waals surface area contributed by atoms with Crippen LogP contribution in [0.3, 0.4) is 0 Å². The zero-order valence-corrected chi connectivity index (χ0v) is 29.2. The van der Waals surface area contributed by atoms with Gasteiger partial charge < -0.3 is 0 Å². The molecular weight excluding hydrogens is 592 g/mol. The molecule has 48 heavy (non-hydrogen) atoms. The molecule has 6 nitrogen and oxygen atoms in total. The number of hydrogen-bond acceptors (Lipinski definition) is 6. The maximum absolute atomic E-state index is 12.9. The van der Waals surface area contributed by atoms with Crippen LogP contribution >= 0.6 is 0 Å². The van der Waals surface area contributed by atoms with Crippen molar-refractivity contribution >= 4 is 22.9 Å². The number of ketones is 2. The maximum atomic E-state index is 12.9. The number of carbonyl (C=O) groups is 2. The van der Waals surface area contributed by atoms with Crippen LogP contribution in [0.1, 0.15) is 105 Å². The molecule has 6 heteroatoms. The molecule has 0 aromatic heterocycles. The second kappa shape index (κ2) is 19.3. The summed E-state index contributed by atoms with van der Waals surface area (Å²) in [6.45, 7) is 8.57. The highest BCUT2D eigenvalue weighted by atomic mass is 16.1. The van der Waals surface area contributed by atoms with Crippen LogP contribution in [0.5, 0.6) is 0 Å². The number of rotatable bonds is 17. The minimum Gasteiger partial charge on any atom is -0.289 e. The molecule has 0 saturated heterocycles. The van der Waals surface area contributed by atoms with Crippen molar-refractivity contribution in [2.24, 2.45) is 20.5 Å². The number of carbonyl (C=O) groups excluding carboxylic acids is 2. The summed E-state index contributed by atoms with van der Waals surface area (Å²) in [6.07, 6.45) is 22.8. The number of hydrogen-bond donors (Lipinski definition) is 0. The smallest absolute Gasteiger partial charge is 0.185 e. The molecule has 0 saturated carbocycles. The van der Waals surface area contributed by atoms with Gasteiger partial charge in [-0.1, -0.05) is 77.6 Å². The second-order valence-electron chi connectivity index (χ2n) is 12.5. The van der Waals surface area contributed by atoms with Gasteiger partial charge in [0.2, 0.25) is 0 Å². The standard InChI is InChI=1S/C42H50N4O2/c1-5-9-13-35-25-31(26-36(41(35)47)14-10-6-2)29-43-45-39-21-17-33(18-22-39)34-19-23-40(24-20-34)46-44-30-32-27-37(15-11-7-3)42(48)38(28-32)16-12-8-4/h17-30H,5-16H2,1-4H3. The van der Waals surface area contributed by atoms with E-state index in [2.05, 4.69) is 48.2 Å². The molecule has 0 amide bonds. The Morgan fingerprint density at radius 1 is 0.458 bits per heavy atom. The van der Waals surface area contributed by atoms with Crippen molar-refractivity contribution < 1.29 is 9.59 Å². The lowest BCUT2D eigenvalue weighted by molar-refractivity contribution is -0.113. The lowest BCUT2D eigenvalue weighted by Gasteiger charge is -2.15. The van der Waals surface area contributed by atoms with Crippen molar-refractivity contribution in [3.63, 3.8) is 0 Å². The van der Waals surface area contributed by atoms with E-state index in [1.807, 2.05) is 72.8 Å². The zero-order valence-electron chi connectivity index (χ0n) is 29.2. The minimum absolute atomic E-state index is 0.190. The van der Waals surface area contributed by atoms with E-state index in [4.69, 9.17) is 0 Å². The second-order valence-corrected chi connectivity index (χ2v) is 12.5. The number of allylic oxidation sites excluding steroid dienone is 10. The largest absolute Gasteiger partial charge is 0.289 e. The quantitative estimate of drug-likeness (QED) is 0.161. The number of nitrogens with zero attached hydrogens (tertiary/aromatic N) is 4. The summed E-state index contributed by atoms with van der Waals surface area (Å²) in [5.41, 5.74) is 9.02. The first kappa shape index (κ1) is 36.3. The van der Waals surface area contributed by atoms with Crippen LogP contribution in [0.15, 0.2) is 139 Å². The molecule has 0 bridgehead atoms. The van der Waals surface area contributed by atoms with E-state index < -0.39 is 0 Å². The van der Waals surface area contributed by atoms with Gasteiger partial charge in [-0.2, -0.15) is 20.5 Å². The summed E-state index contributed by atoms with van der Waals surface area (Å²) in [6, 6.07) is 15.9. The van der Waals surface area contributed by atoms with Crippen molar-refractivity contribution in [1.29, 1.82) is 0 Å². The van der Waals surface area contributed by atoms with Crippen LogP contribution in [0.2, 0.25) is 0 Å². The fraction of sp³-hybridized carbons (Fsp3) is 0.381. The Labute approximate surface area is 287 Å². The van der Waals surface area contributed by atoms with Gasteiger partial charge in [-0.15, -0.1) is 0 Å². The molecule has 0 radical (unpaired) electrons. The highest BCUT2D eigenvalue weighted by molar-refractivity contribution is 6.10. The van der Waals surface area contributed by atoms with Gasteiger partial charge in [-0.05, 0) is 122 Å². The highest BCUT2D eigenvalue weighted by Gasteiger charge is 2.20. The van der Waals surface area contributed by atoms with Crippen molar-refractivity contribution in [2.45, 2.75) is 105 Å². The van der Waals surface area contributed by atoms with Crippen molar-refractivity contribution in [1.82, 2.24) is 0 Å². The van der Waals surface area contributed by atoms with Gasteiger partial charge in [0.25, 0.3) is 0 Å². The molecule has 2 aromatic carbocycles. The molecule has 0 spiro atoms. The Kier molecular flexibility index (Phi) is 14.6. The first-order chi connectivity index (χ1) is 23.4. The van der Waals surface area contributed by atoms with Crippen molar-refractivity contribution in [3.05, 3.63) is 119 Å². The third kappa shape index (κ3) is 10.7. The van der Waals surface area contributed by atoms with Gasteiger partial charge >= 0.3 is 0 Å². The van der Waals surface area contributed by atoms with Gasteiger partial charge in [0.1, 0.15) is 0 Å². The minimum atomic E-state index is 0.190. The molecule has 0 aliphatic heterocycles. The molecular formula is C42H50N4O2. The van der Waals surface area contributed by atoms with Gasteiger partial charge in [0.15, 0.2) is 11.6 Å². The van der Waals surface area contributed by atoms with E-state index in [-0.39, 0.29) is 11.6 Å². The maximum Gasteiger partial charge on any atom is 0.185 e. The fourth-order valence-electron chi connectivity index (χ4n) is 5.69. The SMILES string of the molecule is CCCCC1=CC(=CN=Nc2ccc(-c3ccc(N=NC=C4C=C(CCCC)C(=O)C(CCCC)=C4)cc3)cc2)C=C(CCCC)C1=O. The Hall–Kier alpha value is -4.58. The molecule has 2 aromatic rings. The van der Waals surface area contributed by atoms with Crippen molar-refractivity contribution in [2.75, 3.05) is 0 Å². The van der Waals surface area contributed by atoms with Gasteiger partial charge in [-0.25, -0.2) is 0 Å². The van der Waals surface area contributed by atoms with E-state index in [0.717, 1.165) is 133 Å². The summed E-state index contributed by atoms with van der Waals surface area (Å²) in [7, 11) is 0. The van der Waals surface area contributed by atoms with E-state index in [9.17, 15) is 9.59 Å². The topological polar surface area (TPSA) is 83.6 Å². The Balaban J connectivity index is 1.40. The molecule has 2 aliphatic carbocycles. The number of benzene rings is 2. The van der Waals surface area contributed by atoms with Crippen LogP contribution in [-0.2, 0) is 9.59 Å². The molecule has 0 fully saturated rings.